The number of nitrogens with one attached hydrogen (secondary N) is 1. The van der Waals surface area contributed by atoms with E-state index in [0.29, 0.717) is 19.0 Å². The second kappa shape index (κ2) is 9.11. The van der Waals surface area contributed by atoms with Crippen LogP contribution in [0.2, 0.25) is 0 Å². The number of carbonyl (C=O) groups is 2. The molecule has 0 atom stereocenters. The molecule has 178 valence electrons. The van der Waals surface area contributed by atoms with E-state index in [-0.39, 0.29) is 30.1 Å². The first kappa shape index (κ1) is 23.2. The Balaban J connectivity index is 1.43. The van der Waals surface area contributed by atoms with Gasteiger partial charge in [-0.25, -0.2) is 4.79 Å². The normalized spacial score (nSPS) is 28.4. The Hall–Kier alpha value is -1.98. The first-order chi connectivity index (χ1) is 15.1. The van der Waals surface area contributed by atoms with Crippen molar-refractivity contribution < 1.29 is 9.59 Å². The molecule has 4 aliphatic rings. The molecule has 5 rings (SSSR count). The fourth-order valence-corrected chi connectivity index (χ4v) is 6.85. The van der Waals surface area contributed by atoms with Crippen molar-refractivity contribution in [3.05, 3.63) is 24.0 Å². The zero-order valence-electron chi connectivity index (χ0n) is 20.6. The third-order valence-electron chi connectivity index (χ3n) is 7.94. The van der Waals surface area contributed by atoms with Crippen LogP contribution in [0.4, 0.5) is 4.79 Å². The van der Waals surface area contributed by atoms with E-state index in [1.54, 1.807) is 4.90 Å². The molecule has 6 heteroatoms. The molecule has 6 nitrogen and oxygen atoms in total. The molecule has 4 fully saturated rings. The van der Waals surface area contributed by atoms with Crippen LogP contribution in [-0.4, -0.2) is 51.0 Å². The summed E-state index contributed by atoms with van der Waals surface area (Å²) < 4.78 is 2.06. The molecule has 4 aliphatic carbocycles. The molecule has 0 aromatic carbocycles. The minimum atomic E-state index is -0.0568. The summed E-state index contributed by atoms with van der Waals surface area (Å²) in [7, 11) is 2.01. The number of aromatic nitrogens is 1. The number of hydrogen-bond donors (Lipinski definition) is 1. The lowest BCUT2D eigenvalue weighted by Gasteiger charge is -2.57. The fraction of sp³-hybridized carbons (Fsp3) is 0.769. The molecule has 32 heavy (non-hydrogen) atoms. The van der Waals surface area contributed by atoms with Gasteiger partial charge in [-0.15, -0.1) is 0 Å². The third-order valence-corrected chi connectivity index (χ3v) is 7.94. The highest BCUT2D eigenvalue weighted by Crippen LogP contribution is 2.55. The van der Waals surface area contributed by atoms with E-state index in [9.17, 15) is 9.59 Å². The van der Waals surface area contributed by atoms with Crippen LogP contribution in [0.25, 0.3) is 0 Å². The lowest BCUT2D eigenvalue weighted by Crippen LogP contribution is -2.63. The number of rotatable bonds is 8. The second-order valence-corrected chi connectivity index (χ2v) is 11.6. The maximum absolute atomic E-state index is 13.5. The third kappa shape index (κ3) is 4.99. The van der Waals surface area contributed by atoms with Gasteiger partial charge in [0.1, 0.15) is 6.54 Å². The minimum Gasteiger partial charge on any atom is -0.353 e. The van der Waals surface area contributed by atoms with Crippen LogP contribution in [0.15, 0.2) is 18.3 Å². The molecule has 0 saturated heterocycles. The molecular formula is C26H42N4O2. The Labute approximate surface area is 193 Å². The van der Waals surface area contributed by atoms with Crippen LogP contribution in [-0.2, 0) is 18.4 Å². The average Bonchev–Trinajstić information content (AvgIpc) is 3.07. The highest BCUT2D eigenvalue weighted by Gasteiger charge is 2.52. The van der Waals surface area contributed by atoms with Gasteiger partial charge in [-0.2, -0.15) is 0 Å². The molecule has 3 amide bonds. The van der Waals surface area contributed by atoms with Crippen LogP contribution < -0.4 is 5.32 Å². The predicted octanol–water partition coefficient (Wildman–Crippen LogP) is 4.40. The molecule has 1 N–H and O–H groups in total. The topological polar surface area (TPSA) is 57.6 Å². The van der Waals surface area contributed by atoms with Crippen molar-refractivity contribution in [2.75, 3.05) is 13.1 Å². The van der Waals surface area contributed by atoms with Gasteiger partial charge in [0.05, 0.1) is 6.54 Å². The summed E-state index contributed by atoms with van der Waals surface area (Å²) in [5, 5.41) is 3.46. The van der Waals surface area contributed by atoms with E-state index in [4.69, 9.17) is 0 Å². The highest BCUT2D eigenvalue weighted by atomic mass is 16.2. The predicted molar refractivity (Wildman–Crippen MR) is 127 cm³/mol. The largest absolute Gasteiger partial charge is 0.353 e. The van der Waals surface area contributed by atoms with E-state index >= 15 is 0 Å². The number of carbonyl (C=O) groups excluding carboxylic acids is 2. The number of nitrogens with zero attached hydrogens (tertiary/aromatic N) is 3. The van der Waals surface area contributed by atoms with Crippen LogP contribution in [0.1, 0.15) is 71.9 Å². The van der Waals surface area contributed by atoms with Crippen molar-refractivity contribution in [3.63, 3.8) is 0 Å². The first-order valence-corrected chi connectivity index (χ1v) is 12.6. The molecular weight excluding hydrogens is 400 g/mol. The summed E-state index contributed by atoms with van der Waals surface area (Å²) in [4.78, 5) is 30.5. The quantitative estimate of drug-likeness (QED) is 0.649. The zero-order valence-corrected chi connectivity index (χ0v) is 20.6. The van der Waals surface area contributed by atoms with Crippen molar-refractivity contribution in [2.24, 2.45) is 30.7 Å². The molecule has 1 aromatic heterocycles. The molecule has 0 unspecified atom stereocenters. The Morgan fingerprint density at radius 3 is 2.16 bits per heavy atom. The SMILES string of the molecule is CC(C)CN(Cc1cccn1C)C(=O)CN(C(=O)NC12CC3CC(CC(C3)C1)C2)C(C)C. The van der Waals surface area contributed by atoms with Gasteiger partial charge in [0.25, 0.3) is 0 Å². The summed E-state index contributed by atoms with van der Waals surface area (Å²) in [6.07, 6.45) is 9.43. The van der Waals surface area contributed by atoms with Crippen molar-refractivity contribution in [2.45, 2.75) is 84.3 Å². The van der Waals surface area contributed by atoms with E-state index in [0.717, 1.165) is 42.7 Å². The van der Waals surface area contributed by atoms with Gasteiger partial charge < -0.3 is 19.7 Å². The van der Waals surface area contributed by atoms with E-state index < -0.39 is 0 Å². The summed E-state index contributed by atoms with van der Waals surface area (Å²) in [5.41, 5.74) is 1.07. The Morgan fingerprint density at radius 1 is 1.09 bits per heavy atom. The lowest BCUT2D eigenvalue weighted by molar-refractivity contribution is -0.133. The Kier molecular flexibility index (Phi) is 6.60. The summed E-state index contributed by atoms with van der Waals surface area (Å²) in [6.45, 7) is 9.67. The number of amides is 3. The van der Waals surface area contributed by atoms with Crippen molar-refractivity contribution >= 4 is 11.9 Å². The van der Waals surface area contributed by atoms with Crippen LogP contribution in [0, 0.1) is 23.7 Å². The molecule has 0 aliphatic heterocycles. The van der Waals surface area contributed by atoms with Gasteiger partial charge in [-0.3, -0.25) is 4.79 Å². The molecule has 1 heterocycles. The van der Waals surface area contributed by atoms with Crippen LogP contribution >= 0.6 is 0 Å². The molecule has 0 spiro atoms. The van der Waals surface area contributed by atoms with Crippen LogP contribution in [0.5, 0.6) is 0 Å². The van der Waals surface area contributed by atoms with Crippen molar-refractivity contribution in [1.29, 1.82) is 0 Å². The number of aryl methyl sites for hydroxylation is 1. The minimum absolute atomic E-state index is 0.0225. The monoisotopic (exact) mass is 442 g/mol. The highest BCUT2D eigenvalue weighted by molar-refractivity contribution is 5.84. The molecule has 1 aromatic rings. The Bertz CT molecular complexity index is 792. The second-order valence-electron chi connectivity index (χ2n) is 11.6. The van der Waals surface area contributed by atoms with Gasteiger partial charge in [0, 0.05) is 37.1 Å². The van der Waals surface area contributed by atoms with E-state index in [1.165, 1.54) is 19.3 Å². The fourth-order valence-electron chi connectivity index (χ4n) is 6.85. The summed E-state index contributed by atoms with van der Waals surface area (Å²) >= 11 is 0. The summed E-state index contributed by atoms with van der Waals surface area (Å²) in [6, 6.07) is 3.98. The zero-order chi connectivity index (χ0) is 23.0. The van der Waals surface area contributed by atoms with Crippen molar-refractivity contribution in [3.8, 4) is 0 Å². The smallest absolute Gasteiger partial charge is 0.318 e. The van der Waals surface area contributed by atoms with Gasteiger partial charge in [-0.1, -0.05) is 13.8 Å². The molecule has 0 radical (unpaired) electrons. The van der Waals surface area contributed by atoms with Gasteiger partial charge >= 0.3 is 6.03 Å². The first-order valence-electron chi connectivity index (χ1n) is 12.6. The van der Waals surface area contributed by atoms with Crippen molar-refractivity contribution in [1.82, 2.24) is 19.7 Å². The summed E-state index contributed by atoms with van der Waals surface area (Å²) in [5.74, 6) is 2.73. The standard InChI is InChI=1S/C26H42N4O2/c1-18(2)15-29(16-23-7-6-8-28(23)5)24(31)17-30(19(3)4)25(32)27-26-12-20-9-21(13-26)11-22(10-20)14-26/h6-8,18-22H,9-17H2,1-5H3,(H,27,32). The van der Waals surface area contributed by atoms with Gasteiger partial charge in [0.15, 0.2) is 0 Å². The van der Waals surface area contributed by atoms with E-state index in [2.05, 4.69) is 29.8 Å². The number of hydrogen-bond acceptors (Lipinski definition) is 2. The molecule has 4 saturated carbocycles. The van der Waals surface area contributed by atoms with Gasteiger partial charge in [0.2, 0.25) is 5.91 Å². The number of urea groups is 1. The van der Waals surface area contributed by atoms with E-state index in [1.807, 2.05) is 38.1 Å². The maximum atomic E-state index is 13.5. The average molecular weight is 443 g/mol. The maximum Gasteiger partial charge on any atom is 0.318 e. The molecule has 4 bridgehead atoms. The Morgan fingerprint density at radius 2 is 1.69 bits per heavy atom. The lowest BCUT2D eigenvalue weighted by atomic mass is 9.53. The van der Waals surface area contributed by atoms with Gasteiger partial charge in [-0.05, 0) is 88.2 Å². The van der Waals surface area contributed by atoms with Crippen LogP contribution in [0.3, 0.4) is 0 Å².